The first-order valence-corrected chi connectivity index (χ1v) is 21.0. The summed E-state index contributed by atoms with van der Waals surface area (Å²) in [4.78, 5) is 71.8. The number of rotatable bonds is 17. The maximum atomic E-state index is 14.8. The molecule has 0 fully saturated rings. The molecule has 2 N–H and O–H groups in total. The quantitative estimate of drug-likeness (QED) is 0.0524. The number of ether oxygens (including phenoxy) is 4. The van der Waals surface area contributed by atoms with Crippen LogP contribution in [0.25, 0.3) is 11.1 Å². The van der Waals surface area contributed by atoms with Crippen LogP contribution in [0.5, 0.6) is 11.5 Å². The van der Waals surface area contributed by atoms with Crippen molar-refractivity contribution in [2.75, 3.05) is 31.8 Å². The molecule has 0 radical (unpaired) electrons. The lowest BCUT2D eigenvalue weighted by Gasteiger charge is -2.45. The summed E-state index contributed by atoms with van der Waals surface area (Å²) in [5.74, 6) is -1.69. The van der Waals surface area contributed by atoms with Crippen molar-refractivity contribution in [3.63, 3.8) is 0 Å². The normalized spacial score (nSPS) is 15.3. The Kier molecular flexibility index (Phi) is 14.6. The van der Waals surface area contributed by atoms with Crippen LogP contribution in [0.4, 0.5) is 5.69 Å². The minimum Gasteiger partial charge on any atom is -0.497 e. The van der Waals surface area contributed by atoms with Gasteiger partial charge in [0, 0.05) is 41.0 Å². The summed E-state index contributed by atoms with van der Waals surface area (Å²) in [6.45, 7) is 1.78. The third-order valence-corrected chi connectivity index (χ3v) is 10.9. The van der Waals surface area contributed by atoms with E-state index < -0.39 is 48.4 Å². The van der Waals surface area contributed by atoms with Gasteiger partial charge in [-0.25, -0.2) is 4.79 Å². The van der Waals surface area contributed by atoms with Gasteiger partial charge >= 0.3 is 11.9 Å². The van der Waals surface area contributed by atoms with Gasteiger partial charge in [-0.1, -0.05) is 97.1 Å². The molecular weight excluding hydrogens is 813 g/mol. The molecule has 0 spiro atoms. The van der Waals surface area contributed by atoms with Crippen LogP contribution in [0, 0.1) is 0 Å². The van der Waals surface area contributed by atoms with Crippen LogP contribution in [0.3, 0.4) is 0 Å². The Morgan fingerprint density at radius 1 is 0.688 bits per heavy atom. The molecule has 6 aromatic carbocycles. The van der Waals surface area contributed by atoms with Crippen molar-refractivity contribution >= 4 is 35.2 Å². The van der Waals surface area contributed by atoms with Gasteiger partial charge in [-0.3, -0.25) is 19.2 Å². The molecule has 64 heavy (non-hydrogen) atoms. The number of nitrogens with one attached hydrogen (secondary N) is 1. The summed E-state index contributed by atoms with van der Waals surface area (Å²) in [7, 11) is 1.54. The largest absolute Gasteiger partial charge is 0.497 e. The van der Waals surface area contributed by atoms with Crippen LogP contribution < -0.4 is 19.7 Å². The first kappa shape index (κ1) is 44.5. The highest BCUT2D eigenvalue weighted by molar-refractivity contribution is 6.09. The molecule has 1 heterocycles. The van der Waals surface area contributed by atoms with Gasteiger partial charge in [0.1, 0.15) is 17.6 Å². The van der Waals surface area contributed by atoms with E-state index in [1.54, 1.807) is 92.9 Å². The van der Waals surface area contributed by atoms with Gasteiger partial charge < -0.3 is 34.3 Å². The average molecular weight is 861 g/mol. The fraction of sp³-hybridized carbons (Fsp3) is 0.212. The molecule has 0 unspecified atom stereocenters. The zero-order chi connectivity index (χ0) is 45.0. The van der Waals surface area contributed by atoms with E-state index in [-0.39, 0.29) is 37.6 Å². The Morgan fingerprint density at radius 3 is 1.95 bits per heavy atom. The molecule has 2 amide bonds. The number of aliphatic hydroxyl groups excluding tert-OH is 1. The number of carbonyl (C=O) groups excluding carboxylic acids is 5. The van der Waals surface area contributed by atoms with E-state index >= 15 is 0 Å². The standard InChI is InChI=1S/C52H48N2O10/c1-3-62-47(57)33-45-50(64-52(60)40-23-19-38(20-24-40)49(58)37-13-8-5-9-14-37)48(53-51(59)39-21-17-36(18-22-39)35-11-6-4-7-12-35)43-32-42(63-30-10-29-55)27-28-44(43)54(45)46(56)31-34-15-25-41(61-2)26-16-34/h4-9,11-28,32,45,48,50,55H,3,10,29-31,33H2,1-2H3,(H,53,59)/t45-,48-,50-/m0/s1. The zero-order valence-corrected chi connectivity index (χ0v) is 35.5. The second kappa shape index (κ2) is 21.0. The predicted octanol–water partition coefficient (Wildman–Crippen LogP) is 7.96. The maximum absolute atomic E-state index is 14.8. The number of carbonyl (C=O) groups is 5. The van der Waals surface area contributed by atoms with Crippen molar-refractivity contribution in [1.29, 1.82) is 0 Å². The van der Waals surface area contributed by atoms with E-state index in [1.807, 2.05) is 48.5 Å². The second-order valence-corrected chi connectivity index (χ2v) is 15.0. The van der Waals surface area contributed by atoms with Crippen molar-refractivity contribution in [1.82, 2.24) is 5.32 Å². The van der Waals surface area contributed by atoms with E-state index in [9.17, 15) is 29.1 Å². The van der Waals surface area contributed by atoms with Gasteiger partial charge in [0.15, 0.2) is 5.78 Å². The molecule has 12 nitrogen and oxygen atoms in total. The Hall–Kier alpha value is -7.57. The summed E-state index contributed by atoms with van der Waals surface area (Å²) >= 11 is 0. The fourth-order valence-corrected chi connectivity index (χ4v) is 7.67. The van der Waals surface area contributed by atoms with E-state index in [4.69, 9.17) is 18.9 Å². The Balaban J connectivity index is 1.32. The minimum atomic E-state index is -1.38. The number of ketones is 1. The molecule has 0 bridgehead atoms. The zero-order valence-electron chi connectivity index (χ0n) is 35.5. The third kappa shape index (κ3) is 10.5. The molecular formula is C52H48N2O10. The highest BCUT2D eigenvalue weighted by Gasteiger charge is 2.48. The molecule has 12 heteroatoms. The van der Waals surface area contributed by atoms with Gasteiger partial charge in [-0.15, -0.1) is 0 Å². The Morgan fingerprint density at radius 2 is 1.30 bits per heavy atom. The molecule has 0 aliphatic carbocycles. The SMILES string of the molecule is CCOC(=O)C[C@H]1[C@H](OC(=O)c2ccc(C(=O)c3ccccc3)cc2)[C@@H](NC(=O)c2ccc(-c3ccccc3)cc2)c2cc(OCCCO)ccc2N1C(=O)Cc1ccc(OC)cc1. The number of nitrogens with zero attached hydrogens (tertiary/aromatic N) is 1. The fourth-order valence-electron chi connectivity index (χ4n) is 7.67. The Labute approximate surface area is 371 Å². The van der Waals surface area contributed by atoms with Crippen LogP contribution in [-0.4, -0.2) is 73.7 Å². The van der Waals surface area contributed by atoms with Crippen molar-refractivity contribution < 1.29 is 48.0 Å². The number of anilines is 1. The number of hydrogen-bond donors (Lipinski definition) is 2. The van der Waals surface area contributed by atoms with Crippen LogP contribution >= 0.6 is 0 Å². The van der Waals surface area contributed by atoms with Crippen LogP contribution in [0.15, 0.2) is 152 Å². The molecule has 0 saturated carbocycles. The van der Waals surface area contributed by atoms with E-state index in [1.165, 1.54) is 29.2 Å². The van der Waals surface area contributed by atoms with Crippen LogP contribution in [-0.2, 0) is 25.5 Å². The molecule has 7 rings (SSSR count). The molecule has 0 saturated heterocycles. The smallest absolute Gasteiger partial charge is 0.338 e. The van der Waals surface area contributed by atoms with Gasteiger partial charge in [-0.05, 0) is 78.2 Å². The van der Waals surface area contributed by atoms with Crippen LogP contribution in [0.2, 0.25) is 0 Å². The first-order chi connectivity index (χ1) is 31.2. The molecule has 1 aliphatic rings. The lowest BCUT2D eigenvalue weighted by atomic mass is 9.85. The van der Waals surface area contributed by atoms with Gasteiger partial charge in [0.05, 0.1) is 50.8 Å². The van der Waals surface area contributed by atoms with Crippen molar-refractivity contribution in [3.8, 4) is 22.6 Å². The number of fused-ring (bicyclic) bond motifs is 1. The van der Waals surface area contributed by atoms with Crippen LogP contribution in [0.1, 0.15) is 73.6 Å². The molecule has 6 aromatic rings. The lowest BCUT2D eigenvalue weighted by molar-refractivity contribution is -0.144. The number of methoxy groups -OCH3 is 1. The highest BCUT2D eigenvalue weighted by Crippen LogP contribution is 2.43. The van der Waals surface area contributed by atoms with Crippen molar-refractivity contribution in [2.45, 2.75) is 44.4 Å². The highest BCUT2D eigenvalue weighted by atomic mass is 16.6. The molecule has 326 valence electrons. The molecule has 1 aliphatic heterocycles. The molecule has 0 aromatic heterocycles. The third-order valence-electron chi connectivity index (χ3n) is 10.9. The molecule has 3 atom stereocenters. The number of benzene rings is 6. The maximum Gasteiger partial charge on any atom is 0.338 e. The van der Waals surface area contributed by atoms with Crippen molar-refractivity contribution in [3.05, 3.63) is 185 Å². The summed E-state index contributed by atoms with van der Waals surface area (Å²) in [5, 5.41) is 12.6. The lowest BCUT2D eigenvalue weighted by Crippen LogP contribution is -2.58. The number of hydrogen-bond acceptors (Lipinski definition) is 10. The first-order valence-electron chi connectivity index (χ1n) is 21.0. The summed E-state index contributed by atoms with van der Waals surface area (Å²) in [6.07, 6.45) is -1.55. The van der Waals surface area contributed by atoms with Gasteiger partial charge in [0.2, 0.25) is 5.91 Å². The van der Waals surface area contributed by atoms with Gasteiger partial charge in [0.25, 0.3) is 5.91 Å². The van der Waals surface area contributed by atoms with Crippen molar-refractivity contribution in [2.24, 2.45) is 0 Å². The van der Waals surface area contributed by atoms with E-state index in [0.717, 1.165) is 11.1 Å². The van der Waals surface area contributed by atoms with E-state index in [2.05, 4.69) is 5.32 Å². The average Bonchev–Trinajstić information content (AvgIpc) is 3.33. The number of esters is 2. The Bertz CT molecular complexity index is 2560. The summed E-state index contributed by atoms with van der Waals surface area (Å²) in [5.41, 5.74) is 4.46. The number of aliphatic hydroxyl groups is 1. The topological polar surface area (TPSA) is 158 Å². The summed E-state index contributed by atoms with van der Waals surface area (Å²) in [6, 6.07) is 41.1. The number of amides is 2. The van der Waals surface area contributed by atoms with E-state index in [0.29, 0.717) is 51.4 Å². The monoisotopic (exact) mass is 860 g/mol. The predicted molar refractivity (Wildman–Crippen MR) is 240 cm³/mol. The summed E-state index contributed by atoms with van der Waals surface area (Å²) < 4.78 is 23.2. The van der Waals surface area contributed by atoms with Gasteiger partial charge in [-0.2, -0.15) is 0 Å². The minimum absolute atomic E-state index is 0.0497. The second-order valence-electron chi connectivity index (χ2n) is 15.0.